The molecular weight excluding hydrogens is 625 g/mol. The van der Waals surface area contributed by atoms with Crippen molar-refractivity contribution >= 4 is 39.3 Å². The Kier molecular flexibility index (Phi) is 11.5. The highest BCUT2D eigenvalue weighted by molar-refractivity contribution is 9.10. The molecule has 0 radical (unpaired) electrons. The molecule has 0 spiro atoms. The van der Waals surface area contributed by atoms with E-state index >= 15 is 0 Å². The summed E-state index contributed by atoms with van der Waals surface area (Å²) < 4.78 is 48.0. The van der Waals surface area contributed by atoms with Crippen molar-refractivity contribution in [3.05, 3.63) is 75.5 Å². The number of hydrogen-bond donors (Lipinski definition) is 0. The van der Waals surface area contributed by atoms with Crippen LogP contribution >= 0.6 is 27.7 Å². The maximum atomic E-state index is 13.8. The van der Waals surface area contributed by atoms with Crippen LogP contribution in [0.5, 0.6) is 5.75 Å². The molecule has 10 heteroatoms. The lowest BCUT2D eigenvalue weighted by atomic mass is 9.99. The molecule has 0 amide bonds. The first-order valence-corrected chi connectivity index (χ1v) is 16.7. The van der Waals surface area contributed by atoms with Gasteiger partial charge >= 0.3 is 6.18 Å². The summed E-state index contributed by atoms with van der Waals surface area (Å²) in [6.45, 7) is 8.60. The van der Waals surface area contributed by atoms with Crippen molar-refractivity contribution in [3.63, 3.8) is 0 Å². The zero-order valence-corrected chi connectivity index (χ0v) is 27.2. The summed E-state index contributed by atoms with van der Waals surface area (Å²) in [4.78, 5) is 13.7. The Labute approximate surface area is 260 Å². The Bertz CT molecular complexity index is 1300. The number of hydrogen-bond acceptors (Lipinski definition) is 6. The van der Waals surface area contributed by atoms with E-state index in [1.807, 2.05) is 24.1 Å². The minimum Gasteiger partial charge on any atom is -0.489 e. The molecule has 0 N–H and O–H groups in total. The number of thioether (sulfide) groups is 1. The molecule has 1 fully saturated rings. The van der Waals surface area contributed by atoms with Crippen LogP contribution in [-0.2, 0) is 12.7 Å². The normalized spacial score (nSPS) is 14.7. The molecule has 0 bridgehead atoms. The number of alkyl halides is 3. The summed E-state index contributed by atoms with van der Waals surface area (Å²) in [6, 6.07) is 10.1. The second-order valence-electron chi connectivity index (χ2n) is 11.0. The SMILES string of the molecule is CCN(CC1CCCC1)c1ccc(Br)cc1CN(c1ncc(OCCSC)cn1)C(C)c1cc(C)cc(C(F)(F)F)c1. The van der Waals surface area contributed by atoms with Crippen LogP contribution in [0.15, 0.2) is 53.3 Å². The van der Waals surface area contributed by atoms with Gasteiger partial charge in [0.1, 0.15) is 0 Å². The van der Waals surface area contributed by atoms with Gasteiger partial charge in [0.05, 0.1) is 30.6 Å². The molecule has 5 nitrogen and oxygen atoms in total. The van der Waals surface area contributed by atoms with E-state index in [4.69, 9.17) is 4.74 Å². The maximum Gasteiger partial charge on any atom is 0.416 e. The Balaban J connectivity index is 1.73. The minimum absolute atomic E-state index is 0.416. The Morgan fingerprint density at radius 3 is 2.45 bits per heavy atom. The van der Waals surface area contributed by atoms with E-state index in [0.717, 1.165) is 34.6 Å². The van der Waals surface area contributed by atoms with Gasteiger partial charge in [-0.1, -0.05) is 40.4 Å². The van der Waals surface area contributed by atoms with Crippen molar-refractivity contribution in [2.75, 3.05) is 41.5 Å². The molecule has 1 unspecified atom stereocenters. The molecule has 4 rings (SSSR count). The van der Waals surface area contributed by atoms with Gasteiger partial charge in [0.25, 0.3) is 0 Å². The average Bonchev–Trinajstić information content (AvgIpc) is 3.48. The largest absolute Gasteiger partial charge is 0.489 e. The fraction of sp³-hybridized carbons (Fsp3) is 0.500. The third-order valence-corrected chi connectivity index (χ3v) is 8.93. The predicted molar refractivity (Wildman–Crippen MR) is 171 cm³/mol. The maximum absolute atomic E-state index is 13.8. The first kappa shape index (κ1) is 32.5. The van der Waals surface area contributed by atoms with E-state index in [2.05, 4.69) is 55.9 Å². The van der Waals surface area contributed by atoms with Gasteiger partial charge in [-0.3, -0.25) is 0 Å². The third kappa shape index (κ3) is 8.56. The van der Waals surface area contributed by atoms with Crippen LogP contribution in [0.4, 0.5) is 24.8 Å². The van der Waals surface area contributed by atoms with E-state index < -0.39 is 17.8 Å². The van der Waals surface area contributed by atoms with Crippen LogP contribution < -0.4 is 14.5 Å². The zero-order valence-electron chi connectivity index (χ0n) is 24.8. The fourth-order valence-electron chi connectivity index (χ4n) is 5.63. The summed E-state index contributed by atoms with van der Waals surface area (Å²) in [5, 5.41) is 0. The highest BCUT2D eigenvalue weighted by Crippen LogP contribution is 2.36. The van der Waals surface area contributed by atoms with Gasteiger partial charge in [-0.2, -0.15) is 24.9 Å². The van der Waals surface area contributed by atoms with Crippen LogP contribution in [-0.4, -0.2) is 41.7 Å². The molecule has 1 aliphatic carbocycles. The Morgan fingerprint density at radius 2 is 1.81 bits per heavy atom. The van der Waals surface area contributed by atoms with Gasteiger partial charge in [0, 0.05) is 35.5 Å². The van der Waals surface area contributed by atoms with Gasteiger partial charge in [0.2, 0.25) is 5.95 Å². The van der Waals surface area contributed by atoms with E-state index in [9.17, 15) is 13.2 Å². The number of anilines is 2. The molecule has 0 aliphatic heterocycles. The highest BCUT2D eigenvalue weighted by atomic mass is 79.9. The molecule has 1 saturated carbocycles. The van der Waals surface area contributed by atoms with Crippen molar-refractivity contribution < 1.29 is 17.9 Å². The van der Waals surface area contributed by atoms with Crippen LogP contribution in [0.1, 0.15) is 67.8 Å². The summed E-state index contributed by atoms with van der Waals surface area (Å²) in [5.41, 5.74) is 2.65. The van der Waals surface area contributed by atoms with E-state index in [1.54, 1.807) is 31.1 Å². The molecule has 2 aromatic carbocycles. The average molecular weight is 666 g/mol. The number of aryl methyl sites for hydroxylation is 1. The summed E-state index contributed by atoms with van der Waals surface area (Å²) >= 11 is 5.34. The molecule has 1 aromatic heterocycles. The second-order valence-corrected chi connectivity index (χ2v) is 12.9. The first-order valence-electron chi connectivity index (χ1n) is 14.5. The topological polar surface area (TPSA) is 41.5 Å². The number of ether oxygens (including phenoxy) is 1. The quantitative estimate of drug-likeness (QED) is 0.170. The summed E-state index contributed by atoms with van der Waals surface area (Å²) in [5.74, 6) is 2.51. The number of benzene rings is 2. The van der Waals surface area contributed by atoms with Crippen molar-refractivity contribution in [1.82, 2.24) is 9.97 Å². The summed E-state index contributed by atoms with van der Waals surface area (Å²) in [7, 11) is 0. The number of nitrogens with zero attached hydrogens (tertiary/aromatic N) is 4. The predicted octanol–water partition coefficient (Wildman–Crippen LogP) is 9.09. The highest BCUT2D eigenvalue weighted by Gasteiger charge is 2.32. The van der Waals surface area contributed by atoms with E-state index in [1.165, 1.54) is 37.8 Å². The van der Waals surface area contributed by atoms with Crippen molar-refractivity contribution in [1.29, 1.82) is 0 Å². The van der Waals surface area contributed by atoms with Gasteiger partial charge in [-0.05, 0) is 87.2 Å². The van der Waals surface area contributed by atoms with Crippen molar-refractivity contribution in [3.8, 4) is 5.75 Å². The summed E-state index contributed by atoms with van der Waals surface area (Å²) in [6.07, 6.45) is 5.93. The van der Waals surface area contributed by atoms with Crippen molar-refractivity contribution in [2.24, 2.45) is 5.92 Å². The van der Waals surface area contributed by atoms with Crippen LogP contribution in [0.3, 0.4) is 0 Å². The molecule has 1 heterocycles. The molecule has 1 atom stereocenters. The van der Waals surface area contributed by atoms with Crippen molar-refractivity contribution in [2.45, 2.75) is 65.2 Å². The van der Waals surface area contributed by atoms with Gasteiger partial charge in [0.15, 0.2) is 5.75 Å². The van der Waals surface area contributed by atoms with Gasteiger partial charge < -0.3 is 14.5 Å². The van der Waals surface area contributed by atoms with Crippen LogP contribution in [0, 0.1) is 12.8 Å². The molecular formula is C32H40BrF3N4OS. The van der Waals surface area contributed by atoms with E-state index in [-0.39, 0.29) is 0 Å². The van der Waals surface area contributed by atoms with E-state index in [0.29, 0.717) is 41.9 Å². The lowest BCUT2D eigenvalue weighted by molar-refractivity contribution is -0.137. The first-order chi connectivity index (χ1) is 20.1. The van der Waals surface area contributed by atoms with Crippen LogP contribution in [0.2, 0.25) is 0 Å². The Hall–Kier alpha value is -2.46. The third-order valence-electron chi connectivity index (χ3n) is 7.86. The minimum atomic E-state index is -4.43. The smallest absolute Gasteiger partial charge is 0.416 e. The van der Waals surface area contributed by atoms with Gasteiger partial charge in [-0.15, -0.1) is 0 Å². The lowest BCUT2D eigenvalue weighted by Gasteiger charge is -2.34. The molecule has 3 aromatic rings. The number of halogens is 4. The molecule has 0 saturated heterocycles. The monoisotopic (exact) mass is 664 g/mol. The standard InChI is InChI=1S/C32H40BrF3N4OS/c1-5-39(20-24-8-6-7-9-24)30-11-10-28(33)17-26(30)21-40(31-37-18-29(19-38-31)41-12-13-42-4)23(3)25-14-22(2)15-27(16-25)32(34,35)36/h10-11,14-19,23-24H,5-9,12-13,20-21H2,1-4H3. The second kappa shape index (κ2) is 14.8. The molecule has 228 valence electrons. The van der Waals surface area contributed by atoms with Crippen LogP contribution in [0.25, 0.3) is 0 Å². The van der Waals surface area contributed by atoms with Gasteiger partial charge in [-0.25, -0.2) is 9.97 Å². The Morgan fingerprint density at radius 1 is 1.10 bits per heavy atom. The zero-order chi connectivity index (χ0) is 30.3. The molecule has 1 aliphatic rings. The number of aromatic nitrogens is 2. The number of rotatable bonds is 13. The molecule has 42 heavy (non-hydrogen) atoms. The lowest BCUT2D eigenvalue weighted by Crippen LogP contribution is -2.32. The fourth-order valence-corrected chi connectivity index (χ4v) is 6.29.